The highest BCUT2D eigenvalue weighted by Crippen LogP contribution is 2.38. The zero-order valence-corrected chi connectivity index (χ0v) is 63.8. The Morgan fingerprint density at radius 2 is 0.538 bits per heavy atom. The number of phosphoric acid groups is 1. The first-order chi connectivity index (χ1) is 44.5. The second-order valence-corrected chi connectivity index (χ2v) is 32.0. The van der Waals surface area contributed by atoms with Gasteiger partial charge in [0.15, 0.2) is 0 Å². The molecule has 3 unspecified atom stereocenters. The van der Waals surface area contributed by atoms with Crippen LogP contribution in [-0.2, 0) is 18.4 Å². The van der Waals surface area contributed by atoms with Crippen molar-refractivity contribution in [3.63, 3.8) is 0 Å². The predicted molar refractivity (Wildman–Crippen MR) is 400 cm³/mol. The monoisotopic (exact) mass is 1310 g/mol. The molecule has 0 aliphatic heterocycles. The van der Waals surface area contributed by atoms with Gasteiger partial charge in [-0.15, -0.1) is 0 Å². The van der Waals surface area contributed by atoms with Crippen LogP contribution in [-0.4, -0.2) is 68.5 Å². The fourth-order valence-electron chi connectivity index (χ4n) is 13.6. The summed E-state index contributed by atoms with van der Waals surface area (Å²) >= 11 is 0. The van der Waals surface area contributed by atoms with Gasteiger partial charge in [-0.25, -0.2) is 0 Å². The number of aliphatic hydroxyl groups excluding tert-OH is 1. The van der Waals surface area contributed by atoms with Gasteiger partial charge in [-0.1, -0.05) is 450 Å². The SMILES string of the molecule is CCCCCCCCCCCCCCCCCCCCCCCCCCCCCCCCCCCCCCCCCCC(=O)NC(COP(=O)([O-])OCC[N+](C)(C)C)C(O)CCCCCCCCCCCCCCCCCCCCCCCCCCCCCCC. The lowest BCUT2D eigenvalue weighted by Crippen LogP contribution is -2.46. The van der Waals surface area contributed by atoms with E-state index in [4.69, 9.17) is 9.05 Å². The molecule has 0 aliphatic carbocycles. The number of amides is 1. The standard InChI is InChI=1S/C82H167N2O6P/c1-6-8-10-12-14-16-18-20-22-24-26-28-30-32-34-36-37-38-39-40-41-42-43-44-45-46-48-50-52-54-56-58-60-62-64-66-68-70-72-74-76-82(86)83-80(79-90-91(87,88)89-78-77-84(3,4)5)81(85)75-73-71-69-67-65-63-61-59-57-55-53-51-49-47-35-33-31-29-27-25-23-21-19-17-15-13-11-9-7-2/h80-81,85H,6-79H2,1-5H3,(H-,83,86,87,88). The number of unbranched alkanes of at least 4 members (excludes halogenated alkanes) is 67. The van der Waals surface area contributed by atoms with Gasteiger partial charge in [0.1, 0.15) is 13.2 Å². The fraction of sp³-hybridized carbons (Fsp3) is 0.988. The van der Waals surface area contributed by atoms with Crippen molar-refractivity contribution >= 4 is 13.7 Å². The third kappa shape index (κ3) is 76.7. The summed E-state index contributed by atoms with van der Waals surface area (Å²) in [5.74, 6) is -0.151. The predicted octanol–water partition coefficient (Wildman–Crippen LogP) is 26.8. The van der Waals surface area contributed by atoms with E-state index in [1.54, 1.807) is 0 Å². The lowest BCUT2D eigenvalue weighted by Gasteiger charge is -2.30. The van der Waals surface area contributed by atoms with E-state index in [9.17, 15) is 19.4 Å². The second-order valence-electron chi connectivity index (χ2n) is 30.6. The van der Waals surface area contributed by atoms with E-state index in [1.165, 1.54) is 405 Å². The minimum Gasteiger partial charge on any atom is -0.756 e. The van der Waals surface area contributed by atoms with Gasteiger partial charge >= 0.3 is 0 Å². The van der Waals surface area contributed by atoms with Gasteiger partial charge in [-0.2, -0.15) is 0 Å². The zero-order valence-electron chi connectivity index (χ0n) is 62.9. The maximum Gasteiger partial charge on any atom is 0.268 e. The average Bonchev–Trinajstić information content (AvgIpc) is 3.68. The highest BCUT2D eigenvalue weighted by molar-refractivity contribution is 7.45. The highest BCUT2D eigenvalue weighted by Gasteiger charge is 2.24. The van der Waals surface area contributed by atoms with Gasteiger partial charge in [0, 0.05) is 6.42 Å². The van der Waals surface area contributed by atoms with Gasteiger partial charge < -0.3 is 28.8 Å². The molecular weight excluding hydrogens is 1140 g/mol. The molecule has 546 valence electrons. The van der Waals surface area contributed by atoms with Crippen LogP contribution < -0.4 is 10.2 Å². The van der Waals surface area contributed by atoms with E-state index >= 15 is 0 Å². The second kappa shape index (κ2) is 73.7. The Morgan fingerprint density at radius 1 is 0.341 bits per heavy atom. The van der Waals surface area contributed by atoms with E-state index in [-0.39, 0.29) is 19.1 Å². The number of aliphatic hydroxyl groups is 1. The number of carbonyl (C=O) groups excluding carboxylic acids is 1. The molecule has 0 aromatic heterocycles. The molecule has 0 spiro atoms. The summed E-state index contributed by atoms with van der Waals surface area (Å²) < 4.78 is 23.6. The quantitative estimate of drug-likeness (QED) is 0.0357. The average molecular weight is 1310 g/mol. The lowest BCUT2D eigenvalue weighted by atomic mass is 10.0. The molecule has 1 amide bonds. The first kappa shape index (κ1) is 90.5. The molecule has 0 rings (SSSR count). The van der Waals surface area contributed by atoms with Gasteiger partial charge in [-0.3, -0.25) is 9.36 Å². The van der Waals surface area contributed by atoms with Gasteiger partial charge in [0.25, 0.3) is 7.82 Å². The van der Waals surface area contributed by atoms with Crippen LogP contribution in [0.15, 0.2) is 0 Å². The van der Waals surface area contributed by atoms with Crippen LogP contribution in [0.4, 0.5) is 0 Å². The Morgan fingerprint density at radius 3 is 0.747 bits per heavy atom. The highest BCUT2D eigenvalue weighted by atomic mass is 31.2. The van der Waals surface area contributed by atoms with Crippen molar-refractivity contribution < 1.29 is 32.9 Å². The Labute approximate surface area is 571 Å². The Balaban J connectivity index is 3.84. The molecule has 0 saturated heterocycles. The van der Waals surface area contributed by atoms with Crippen molar-refractivity contribution in [1.82, 2.24) is 5.32 Å². The summed E-state index contributed by atoms with van der Waals surface area (Å²) in [5.41, 5.74) is 0. The first-order valence-corrected chi connectivity index (χ1v) is 43.3. The number of nitrogens with one attached hydrogen (secondary N) is 1. The molecular formula is C82H167N2O6P. The first-order valence-electron chi connectivity index (χ1n) is 41.9. The smallest absolute Gasteiger partial charge is 0.268 e. The van der Waals surface area contributed by atoms with Crippen LogP contribution in [0.5, 0.6) is 0 Å². The lowest BCUT2D eigenvalue weighted by molar-refractivity contribution is -0.870. The third-order valence-electron chi connectivity index (χ3n) is 20.1. The number of rotatable bonds is 80. The molecule has 0 aliphatic rings. The van der Waals surface area contributed by atoms with Gasteiger partial charge in [0.2, 0.25) is 5.91 Å². The van der Waals surface area contributed by atoms with E-state index in [1.807, 2.05) is 21.1 Å². The molecule has 2 N–H and O–H groups in total. The summed E-state index contributed by atoms with van der Waals surface area (Å²) in [6.45, 7) is 4.81. The van der Waals surface area contributed by atoms with Crippen molar-refractivity contribution in [2.75, 3.05) is 40.9 Å². The summed E-state index contributed by atoms with van der Waals surface area (Å²) in [7, 11) is 1.34. The largest absolute Gasteiger partial charge is 0.756 e. The van der Waals surface area contributed by atoms with Crippen molar-refractivity contribution in [2.45, 2.75) is 482 Å². The number of nitrogens with zero attached hydrogens (tertiary/aromatic N) is 1. The molecule has 8 nitrogen and oxygen atoms in total. The van der Waals surface area contributed by atoms with Crippen LogP contribution in [0.2, 0.25) is 0 Å². The molecule has 0 aromatic carbocycles. The van der Waals surface area contributed by atoms with E-state index in [0.717, 1.165) is 38.5 Å². The maximum atomic E-state index is 13.1. The van der Waals surface area contributed by atoms with Crippen LogP contribution in [0.3, 0.4) is 0 Å². The Bertz CT molecular complexity index is 1440. The minimum absolute atomic E-state index is 0.0172. The summed E-state index contributed by atoms with van der Waals surface area (Å²) in [6, 6.07) is -0.798. The third-order valence-corrected chi connectivity index (χ3v) is 21.1. The van der Waals surface area contributed by atoms with E-state index in [0.29, 0.717) is 23.9 Å². The molecule has 3 atom stereocenters. The number of carbonyl (C=O) groups is 1. The molecule has 0 heterocycles. The van der Waals surface area contributed by atoms with Crippen LogP contribution >= 0.6 is 7.82 Å². The summed E-state index contributed by atoms with van der Waals surface area (Å²) in [6.07, 6.45) is 95.4. The number of hydrogen-bond donors (Lipinski definition) is 2. The van der Waals surface area contributed by atoms with Gasteiger partial charge in [-0.05, 0) is 12.8 Å². The van der Waals surface area contributed by atoms with Crippen LogP contribution in [0.1, 0.15) is 470 Å². The molecule has 9 heteroatoms. The minimum atomic E-state index is -4.58. The molecule has 0 radical (unpaired) electrons. The maximum absolute atomic E-state index is 13.1. The topological polar surface area (TPSA) is 108 Å². The number of phosphoric ester groups is 1. The van der Waals surface area contributed by atoms with E-state index in [2.05, 4.69) is 19.2 Å². The fourth-order valence-corrected chi connectivity index (χ4v) is 14.4. The Hall–Kier alpha value is -0.500. The van der Waals surface area contributed by atoms with Crippen molar-refractivity contribution in [3.8, 4) is 0 Å². The van der Waals surface area contributed by atoms with Gasteiger partial charge in [0.05, 0.1) is 39.9 Å². The number of hydrogen-bond acceptors (Lipinski definition) is 6. The zero-order chi connectivity index (χ0) is 66.2. The number of likely N-dealkylation sites (N-methyl/N-ethyl adjacent to an activating group) is 1. The van der Waals surface area contributed by atoms with Crippen molar-refractivity contribution in [3.05, 3.63) is 0 Å². The molecule has 0 saturated carbocycles. The molecule has 91 heavy (non-hydrogen) atoms. The Kier molecular flexibility index (Phi) is 73.3. The van der Waals surface area contributed by atoms with Crippen molar-refractivity contribution in [1.29, 1.82) is 0 Å². The van der Waals surface area contributed by atoms with E-state index < -0.39 is 20.0 Å². The molecule has 0 bridgehead atoms. The molecule has 0 fully saturated rings. The normalized spacial score (nSPS) is 13.4. The number of quaternary nitrogens is 1. The van der Waals surface area contributed by atoms with Crippen LogP contribution in [0.25, 0.3) is 0 Å². The van der Waals surface area contributed by atoms with Crippen molar-refractivity contribution in [2.24, 2.45) is 0 Å². The van der Waals surface area contributed by atoms with Crippen LogP contribution in [0, 0.1) is 0 Å². The summed E-state index contributed by atoms with van der Waals surface area (Å²) in [5, 5.41) is 14.2. The summed E-state index contributed by atoms with van der Waals surface area (Å²) in [4.78, 5) is 25.8. The molecule has 0 aromatic rings.